The van der Waals surface area contributed by atoms with Crippen molar-refractivity contribution in [2.24, 2.45) is 0 Å². The maximum Gasteiger partial charge on any atom is 0.218 e. The largest absolute Gasteiger partial charge is 0.507 e. The fourth-order valence-electron chi connectivity index (χ4n) is 3.01. The lowest BCUT2D eigenvalue weighted by Crippen LogP contribution is -2.17. The Balaban J connectivity index is 2.79. The van der Waals surface area contributed by atoms with Gasteiger partial charge >= 0.3 is 0 Å². The highest BCUT2D eigenvalue weighted by Crippen LogP contribution is 2.40. The Morgan fingerprint density at radius 3 is 1.93 bits per heavy atom. The summed E-state index contributed by atoms with van der Waals surface area (Å²) < 4.78 is 26.2. The summed E-state index contributed by atoms with van der Waals surface area (Å²) in [5, 5.41) is 20.7. The van der Waals surface area contributed by atoms with Crippen molar-refractivity contribution in [3.63, 3.8) is 0 Å². The molecule has 0 aliphatic rings. The van der Waals surface area contributed by atoms with Gasteiger partial charge in [0.25, 0.3) is 0 Å². The van der Waals surface area contributed by atoms with Gasteiger partial charge in [-0.2, -0.15) is 5.26 Å². The van der Waals surface area contributed by atoms with Gasteiger partial charge in [-0.3, -0.25) is 0 Å². The predicted molar refractivity (Wildman–Crippen MR) is 123 cm³/mol. The van der Waals surface area contributed by atoms with Crippen molar-refractivity contribution in [2.75, 3.05) is 0 Å². The summed E-state index contributed by atoms with van der Waals surface area (Å²) in [5.41, 5.74) is 1.04. The highest BCUT2D eigenvalue weighted by Gasteiger charge is 2.28. The minimum absolute atomic E-state index is 0.0167. The zero-order chi connectivity index (χ0) is 23.1. The van der Waals surface area contributed by atoms with Gasteiger partial charge in [-0.05, 0) is 52.8 Å². The lowest BCUT2D eigenvalue weighted by molar-refractivity contribution is 0.423. The van der Waals surface area contributed by atoms with E-state index in [9.17, 15) is 18.8 Å². The number of nitriles is 1. The van der Waals surface area contributed by atoms with Crippen LogP contribution in [0, 0.1) is 11.3 Å². The molecule has 0 saturated heterocycles. The van der Waals surface area contributed by atoms with Crippen LogP contribution < -0.4 is 0 Å². The highest BCUT2D eigenvalue weighted by molar-refractivity contribution is 7.95. The van der Waals surface area contributed by atoms with Crippen LogP contribution in [0.25, 0.3) is 6.08 Å². The maximum atomic E-state index is 13.1. The Hall–Kier alpha value is -2.00. The summed E-state index contributed by atoms with van der Waals surface area (Å²) in [4.78, 5) is -0.688. The van der Waals surface area contributed by atoms with E-state index in [-0.39, 0.29) is 20.7 Å². The molecule has 30 heavy (non-hydrogen) atoms. The number of hydrogen-bond donors (Lipinski definition) is 1. The number of rotatable bonds is 3. The molecule has 0 atom stereocenters. The predicted octanol–water partition coefficient (Wildman–Crippen LogP) is 6.63. The maximum absolute atomic E-state index is 13.1. The van der Waals surface area contributed by atoms with E-state index in [1.165, 1.54) is 24.3 Å². The van der Waals surface area contributed by atoms with Gasteiger partial charge in [0.05, 0.1) is 9.92 Å². The number of benzene rings is 2. The summed E-state index contributed by atoms with van der Waals surface area (Å²) in [6.07, 6.45) is 1.30. The number of allylic oxidation sites excluding steroid dienone is 1. The van der Waals surface area contributed by atoms with E-state index >= 15 is 0 Å². The van der Waals surface area contributed by atoms with Crippen LogP contribution in [-0.2, 0) is 20.7 Å². The first-order valence-corrected chi connectivity index (χ1v) is 11.5. The molecule has 2 rings (SSSR count). The van der Waals surface area contributed by atoms with Crippen molar-refractivity contribution in [2.45, 2.75) is 57.3 Å². The van der Waals surface area contributed by atoms with Gasteiger partial charge in [-0.15, -0.1) is 0 Å². The van der Waals surface area contributed by atoms with Crippen LogP contribution in [0.15, 0.2) is 40.1 Å². The van der Waals surface area contributed by atoms with E-state index in [1.807, 2.05) is 41.5 Å². The van der Waals surface area contributed by atoms with Crippen LogP contribution in [0.4, 0.5) is 0 Å². The van der Waals surface area contributed by atoms with Crippen molar-refractivity contribution in [1.82, 2.24) is 0 Å². The molecule has 0 heterocycles. The van der Waals surface area contributed by atoms with Gasteiger partial charge in [0.1, 0.15) is 16.7 Å². The van der Waals surface area contributed by atoms with Crippen molar-refractivity contribution >= 4 is 39.1 Å². The molecule has 7 heteroatoms. The molecule has 0 bridgehead atoms. The van der Waals surface area contributed by atoms with Crippen molar-refractivity contribution in [3.8, 4) is 11.8 Å². The second-order valence-corrected chi connectivity index (χ2v) is 11.9. The lowest BCUT2D eigenvalue weighted by atomic mass is 9.78. The van der Waals surface area contributed by atoms with Crippen molar-refractivity contribution in [3.05, 3.63) is 62.0 Å². The number of halogens is 2. The third-order valence-electron chi connectivity index (χ3n) is 4.63. The summed E-state index contributed by atoms with van der Waals surface area (Å²) in [6, 6.07) is 9.26. The van der Waals surface area contributed by atoms with Gasteiger partial charge in [-0.1, -0.05) is 64.7 Å². The zero-order valence-corrected chi connectivity index (χ0v) is 20.2. The molecule has 2 aromatic carbocycles. The summed E-state index contributed by atoms with van der Waals surface area (Å²) >= 11 is 12.0. The van der Waals surface area contributed by atoms with E-state index in [0.29, 0.717) is 16.7 Å². The fourth-order valence-corrected chi connectivity index (χ4v) is 4.92. The summed E-state index contributed by atoms with van der Waals surface area (Å²) in [6.45, 7) is 11.7. The molecular weight excluding hydrogens is 441 g/mol. The van der Waals surface area contributed by atoms with E-state index in [1.54, 1.807) is 18.2 Å². The van der Waals surface area contributed by atoms with E-state index in [4.69, 9.17) is 23.2 Å². The number of phenols is 1. The molecular formula is C23H25Cl2NO3S. The SMILES string of the molecule is CC(C)(C)c1cc(C=C(C#N)S(=O)(=O)c2cc(Cl)ccc2Cl)cc(C(C)(C)C)c1O. The smallest absolute Gasteiger partial charge is 0.218 e. The first kappa shape index (κ1) is 24.3. The van der Waals surface area contributed by atoms with Crippen LogP contribution in [0.1, 0.15) is 58.2 Å². The number of hydrogen-bond acceptors (Lipinski definition) is 4. The second kappa shape index (κ2) is 8.26. The van der Waals surface area contributed by atoms with Crippen LogP contribution in [0.3, 0.4) is 0 Å². The average Bonchev–Trinajstić information content (AvgIpc) is 2.60. The topological polar surface area (TPSA) is 78.2 Å². The Morgan fingerprint density at radius 2 is 1.50 bits per heavy atom. The zero-order valence-electron chi connectivity index (χ0n) is 17.8. The van der Waals surface area contributed by atoms with Gasteiger partial charge in [0.15, 0.2) is 0 Å². The first-order chi connectivity index (χ1) is 13.6. The first-order valence-electron chi connectivity index (χ1n) is 9.29. The van der Waals surface area contributed by atoms with Crippen LogP contribution >= 0.6 is 23.2 Å². The highest BCUT2D eigenvalue weighted by atomic mass is 35.5. The molecule has 4 nitrogen and oxygen atoms in total. The molecule has 0 fully saturated rings. The van der Waals surface area contributed by atoms with Crippen molar-refractivity contribution < 1.29 is 13.5 Å². The minimum atomic E-state index is -4.19. The summed E-state index contributed by atoms with van der Waals surface area (Å²) in [5.74, 6) is 0.173. The molecule has 2 aromatic rings. The molecule has 0 amide bonds. The van der Waals surface area contributed by atoms with E-state index < -0.39 is 25.6 Å². The Morgan fingerprint density at radius 1 is 1.00 bits per heavy atom. The minimum Gasteiger partial charge on any atom is -0.507 e. The third-order valence-corrected chi connectivity index (χ3v) is 7.01. The summed E-state index contributed by atoms with van der Waals surface area (Å²) in [7, 11) is -4.19. The number of phenolic OH excluding ortho intramolecular Hbond substituents is 1. The van der Waals surface area contributed by atoms with Gasteiger partial charge in [-0.25, -0.2) is 8.42 Å². The molecule has 0 aliphatic heterocycles. The molecule has 0 spiro atoms. The molecule has 0 aliphatic carbocycles. The molecule has 0 unspecified atom stereocenters. The monoisotopic (exact) mass is 465 g/mol. The standard InChI is InChI=1S/C23H25Cl2NO3S/c1-22(2,3)17-10-14(11-18(21(17)27)23(4,5)6)9-16(13-26)30(28,29)20-12-15(24)7-8-19(20)25/h7-12,27H,1-6H3. The molecule has 0 radical (unpaired) electrons. The molecule has 0 aromatic heterocycles. The fraction of sp³-hybridized carbons (Fsp3) is 0.348. The molecule has 1 N–H and O–H groups in total. The van der Waals surface area contributed by atoms with Gasteiger partial charge in [0.2, 0.25) is 9.84 Å². The van der Waals surface area contributed by atoms with Crippen LogP contribution in [0.5, 0.6) is 5.75 Å². The number of nitrogens with zero attached hydrogens (tertiary/aromatic N) is 1. The Labute approximate surface area is 188 Å². The second-order valence-electron chi connectivity index (χ2n) is 9.16. The van der Waals surface area contributed by atoms with Crippen LogP contribution in [-0.4, -0.2) is 13.5 Å². The average molecular weight is 466 g/mol. The number of sulfone groups is 1. The van der Waals surface area contributed by atoms with E-state index in [0.717, 1.165) is 0 Å². The molecule has 0 saturated carbocycles. The van der Waals surface area contributed by atoms with Crippen LogP contribution in [0.2, 0.25) is 10.0 Å². The Bertz CT molecular complexity index is 1130. The van der Waals surface area contributed by atoms with E-state index in [2.05, 4.69) is 0 Å². The van der Waals surface area contributed by atoms with Gasteiger partial charge in [0, 0.05) is 16.1 Å². The normalized spacial score (nSPS) is 13.2. The lowest BCUT2D eigenvalue weighted by Gasteiger charge is -2.28. The molecule has 160 valence electrons. The van der Waals surface area contributed by atoms with Gasteiger partial charge < -0.3 is 5.11 Å². The van der Waals surface area contributed by atoms with Crippen molar-refractivity contribution in [1.29, 1.82) is 5.26 Å². The third kappa shape index (κ3) is 5.00. The number of aromatic hydroxyl groups is 1. The Kier molecular flexibility index (Phi) is 6.68. The quantitative estimate of drug-likeness (QED) is 0.515.